The van der Waals surface area contributed by atoms with Gasteiger partial charge < -0.3 is 10.5 Å². The number of piperidine rings is 1. The first kappa shape index (κ1) is 12.7. The number of hydrogen-bond donors (Lipinski definition) is 1. The van der Waals surface area contributed by atoms with E-state index in [-0.39, 0.29) is 11.1 Å². The summed E-state index contributed by atoms with van der Waals surface area (Å²) in [5.41, 5.74) is 6.41. The van der Waals surface area contributed by atoms with E-state index in [1.807, 2.05) is 0 Å². The summed E-state index contributed by atoms with van der Waals surface area (Å²) in [5.74, 6) is 0. The van der Waals surface area contributed by atoms with Crippen molar-refractivity contribution in [3.63, 3.8) is 0 Å². The SMILES string of the molecule is CC(C)(C)N1CCC(N)(CCC=O)CC1. The quantitative estimate of drug-likeness (QED) is 0.722. The van der Waals surface area contributed by atoms with Crippen LogP contribution in [0.5, 0.6) is 0 Å². The summed E-state index contributed by atoms with van der Waals surface area (Å²) in [6, 6.07) is 0. The van der Waals surface area contributed by atoms with Gasteiger partial charge in [-0.05, 0) is 40.0 Å². The molecule has 1 fully saturated rings. The van der Waals surface area contributed by atoms with Gasteiger partial charge in [-0.2, -0.15) is 0 Å². The zero-order chi connectivity index (χ0) is 11.5. The van der Waals surface area contributed by atoms with Gasteiger partial charge in [0.1, 0.15) is 6.29 Å². The Morgan fingerprint density at radius 3 is 2.27 bits per heavy atom. The largest absolute Gasteiger partial charge is 0.325 e. The molecule has 1 saturated heterocycles. The minimum absolute atomic E-state index is 0.0946. The molecule has 0 atom stereocenters. The molecule has 0 saturated carbocycles. The van der Waals surface area contributed by atoms with Gasteiger partial charge >= 0.3 is 0 Å². The Labute approximate surface area is 93.0 Å². The van der Waals surface area contributed by atoms with Crippen LogP contribution >= 0.6 is 0 Å². The number of carbonyl (C=O) groups is 1. The topological polar surface area (TPSA) is 46.3 Å². The first-order valence-corrected chi connectivity index (χ1v) is 5.85. The molecule has 0 amide bonds. The standard InChI is InChI=1S/C12H24N2O/c1-11(2,3)14-8-6-12(13,7-9-14)5-4-10-15/h10H,4-9,13H2,1-3H3. The van der Waals surface area contributed by atoms with Crippen molar-refractivity contribution in [3.05, 3.63) is 0 Å². The van der Waals surface area contributed by atoms with E-state index in [1.54, 1.807) is 0 Å². The first-order chi connectivity index (χ1) is 6.87. The zero-order valence-electron chi connectivity index (χ0n) is 10.3. The number of rotatable bonds is 3. The van der Waals surface area contributed by atoms with Gasteiger partial charge in [0.15, 0.2) is 0 Å². The van der Waals surface area contributed by atoms with E-state index in [2.05, 4.69) is 25.7 Å². The Bertz CT molecular complexity index is 212. The first-order valence-electron chi connectivity index (χ1n) is 5.85. The predicted molar refractivity (Wildman–Crippen MR) is 62.8 cm³/mol. The highest BCUT2D eigenvalue weighted by Crippen LogP contribution is 2.27. The third kappa shape index (κ3) is 3.58. The van der Waals surface area contributed by atoms with E-state index in [9.17, 15) is 4.79 Å². The summed E-state index contributed by atoms with van der Waals surface area (Å²) in [6.07, 6.45) is 4.45. The zero-order valence-corrected chi connectivity index (χ0v) is 10.3. The summed E-state index contributed by atoms with van der Waals surface area (Å²) in [4.78, 5) is 12.8. The van der Waals surface area contributed by atoms with Crippen LogP contribution in [-0.2, 0) is 4.79 Å². The van der Waals surface area contributed by atoms with E-state index >= 15 is 0 Å². The van der Waals surface area contributed by atoms with E-state index in [0.29, 0.717) is 6.42 Å². The van der Waals surface area contributed by atoms with Crippen LogP contribution in [0.25, 0.3) is 0 Å². The van der Waals surface area contributed by atoms with E-state index < -0.39 is 0 Å². The van der Waals surface area contributed by atoms with Crippen molar-refractivity contribution in [2.24, 2.45) is 5.73 Å². The minimum Gasteiger partial charge on any atom is -0.325 e. The number of hydrogen-bond acceptors (Lipinski definition) is 3. The molecular weight excluding hydrogens is 188 g/mol. The number of nitrogens with zero attached hydrogens (tertiary/aromatic N) is 1. The van der Waals surface area contributed by atoms with Crippen LogP contribution in [0.1, 0.15) is 46.5 Å². The molecule has 0 spiro atoms. The highest BCUT2D eigenvalue weighted by atomic mass is 16.1. The molecule has 1 aliphatic rings. The van der Waals surface area contributed by atoms with Gasteiger partial charge in [-0.15, -0.1) is 0 Å². The fraction of sp³-hybridized carbons (Fsp3) is 0.917. The number of likely N-dealkylation sites (tertiary alicyclic amines) is 1. The Morgan fingerprint density at radius 1 is 1.33 bits per heavy atom. The maximum atomic E-state index is 10.3. The van der Waals surface area contributed by atoms with Crippen LogP contribution in [0.3, 0.4) is 0 Å². The van der Waals surface area contributed by atoms with Gasteiger partial charge in [0.2, 0.25) is 0 Å². The lowest BCUT2D eigenvalue weighted by molar-refractivity contribution is -0.108. The molecule has 1 aliphatic heterocycles. The minimum atomic E-state index is -0.0946. The normalized spacial score (nSPS) is 22.7. The Morgan fingerprint density at radius 2 is 1.87 bits per heavy atom. The van der Waals surface area contributed by atoms with Crippen molar-refractivity contribution < 1.29 is 4.79 Å². The average molecular weight is 212 g/mol. The molecule has 0 aliphatic carbocycles. The predicted octanol–water partition coefficient (Wildman–Crippen LogP) is 1.56. The molecule has 0 bridgehead atoms. The van der Waals surface area contributed by atoms with Crippen molar-refractivity contribution >= 4 is 6.29 Å². The van der Waals surface area contributed by atoms with Crippen molar-refractivity contribution in [1.29, 1.82) is 0 Å². The summed E-state index contributed by atoms with van der Waals surface area (Å²) in [5, 5.41) is 0. The summed E-state index contributed by atoms with van der Waals surface area (Å²) in [7, 11) is 0. The van der Waals surface area contributed by atoms with Crippen LogP contribution < -0.4 is 5.73 Å². The van der Waals surface area contributed by atoms with Crippen molar-refractivity contribution in [3.8, 4) is 0 Å². The molecule has 0 aromatic rings. The van der Waals surface area contributed by atoms with Crippen LogP contribution in [0.4, 0.5) is 0 Å². The lowest BCUT2D eigenvalue weighted by Gasteiger charge is -2.45. The molecule has 15 heavy (non-hydrogen) atoms. The number of nitrogens with two attached hydrogens (primary N) is 1. The Hall–Kier alpha value is -0.410. The molecule has 1 rings (SSSR count). The summed E-state index contributed by atoms with van der Waals surface area (Å²) >= 11 is 0. The Kier molecular flexibility index (Phi) is 3.90. The van der Waals surface area contributed by atoms with Crippen LogP contribution in [0, 0.1) is 0 Å². The van der Waals surface area contributed by atoms with Crippen LogP contribution in [-0.4, -0.2) is 35.4 Å². The molecule has 3 nitrogen and oxygen atoms in total. The van der Waals surface area contributed by atoms with Gasteiger partial charge in [-0.1, -0.05) is 0 Å². The number of carbonyl (C=O) groups excluding carboxylic acids is 1. The molecule has 1 heterocycles. The highest BCUT2D eigenvalue weighted by Gasteiger charge is 2.33. The lowest BCUT2D eigenvalue weighted by Crippen LogP contribution is -2.55. The monoisotopic (exact) mass is 212 g/mol. The van der Waals surface area contributed by atoms with Gasteiger partial charge in [0.05, 0.1) is 0 Å². The van der Waals surface area contributed by atoms with E-state index in [4.69, 9.17) is 5.73 Å². The van der Waals surface area contributed by atoms with Crippen molar-refractivity contribution in [2.75, 3.05) is 13.1 Å². The van der Waals surface area contributed by atoms with Gasteiger partial charge in [0, 0.05) is 30.6 Å². The second kappa shape index (κ2) is 4.62. The fourth-order valence-corrected chi connectivity index (χ4v) is 2.22. The van der Waals surface area contributed by atoms with Gasteiger partial charge in [0.25, 0.3) is 0 Å². The molecular formula is C12H24N2O. The van der Waals surface area contributed by atoms with Gasteiger partial charge in [-0.3, -0.25) is 4.90 Å². The molecule has 2 N–H and O–H groups in total. The molecule has 3 heteroatoms. The second-order valence-corrected chi connectivity index (χ2v) is 5.73. The molecule has 88 valence electrons. The van der Waals surface area contributed by atoms with Crippen LogP contribution in [0.15, 0.2) is 0 Å². The third-order valence-corrected chi connectivity index (χ3v) is 3.47. The van der Waals surface area contributed by atoms with E-state index in [0.717, 1.165) is 38.6 Å². The van der Waals surface area contributed by atoms with Gasteiger partial charge in [-0.25, -0.2) is 0 Å². The van der Waals surface area contributed by atoms with Crippen molar-refractivity contribution in [2.45, 2.75) is 57.5 Å². The molecule has 0 aromatic heterocycles. The van der Waals surface area contributed by atoms with E-state index in [1.165, 1.54) is 0 Å². The third-order valence-electron chi connectivity index (χ3n) is 3.47. The Balaban J connectivity index is 2.44. The summed E-state index contributed by atoms with van der Waals surface area (Å²) in [6.45, 7) is 8.82. The highest BCUT2D eigenvalue weighted by molar-refractivity contribution is 5.49. The van der Waals surface area contributed by atoms with Crippen LogP contribution in [0.2, 0.25) is 0 Å². The molecule has 0 unspecified atom stereocenters. The smallest absolute Gasteiger partial charge is 0.120 e. The lowest BCUT2D eigenvalue weighted by atomic mass is 9.83. The molecule has 0 aromatic carbocycles. The summed E-state index contributed by atoms with van der Waals surface area (Å²) < 4.78 is 0. The maximum absolute atomic E-state index is 10.3. The number of aldehydes is 1. The maximum Gasteiger partial charge on any atom is 0.120 e. The average Bonchev–Trinajstić information content (AvgIpc) is 2.14. The van der Waals surface area contributed by atoms with Crippen molar-refractivity contribution in [1.82, 2.24) is 4.90 Å². The second-order valence-electron chi connectivity index (χ2n) is 5.73. The fourth-order valence-electron chi connectivity index (χ4n) is 2.22. The molecule has 0 radical (unpaired) electrons.